The Labute approximate surface area is 119 Å². The van der Waals surface area contributed by atoms with E-state index in [9.17, 15) is 9.18 Å². The highest BCUT2D eigenvalue weighted by atomic mass is 35.5. The zero-order valence-electron chi connectivity index (χ0n) is 9.70. The van der Waals surface area contributed by atoms with E-state index in [0.717, 1.165) is 0 Å². The van der Waals surface area contributed by atoms with Crippen LogP contribution in [0.5, 0.6) is 5.75 Å². The molecule has 0 heterocycles. The lowest BCUT2D eigenvalue weighted by molar-refractivity contribution is 0.0919. The first kappa shape index (κ1) is 13.8. The number of carbonyl (C=O) groups is 1. The van der Waals surface area contributed by atoms with Crippen LogP contribution in [0.1, 0.15) is 10.4 Å². The summed E-state index contributed by atoms with van der Waals surface area (Å²) in [6.45, 7) is -0.289. The van der Waals surface area contributed by atoms with Gasteiger partial charge in [-0.3, -0.25) is 4.79 Å². The van der Waals surface area contributed by atoms with Gasteiger partial charge in [0.05, 0.1) is 5.02 Å². The molecular formula is C14H9Cl2FO2. The standard InChI is InChI=1S/C14H9Cl2FO2/c15-10-6-4-9(5-7-10)13(18)8-19-14-11(16)2-1-3-12(14)17/h1-7H,8H2. The van der Waals surface area contributed by atoms with Gasteiger partial charge in [0.1, 0.15) is 0 Å². The van der Waals surface area contributed by atoms with Crippen LogP contribution < -0.4 is 4.74 Å². The smallest absolute Gasteiger partial charge is 0.200 e. The Balaban J connectivity index is 2.06. The van der Waals surface area contributed by atoms with Crippen LogP contribution in [0.25, 0.3) is 0 Å². The number of para-hydroxylation sites is 1. The van der Waals surface area contributed by atoms with Gasteiger partial charge in [0.25, 0.3) is 0 Å². The molecule has 0 aliphatic rings. The van der Waals surface area contributed by atoms with Gasteiger partial charge < -0.3 is 4.74 Å². The number of halogens is 3. The Bertz CT molecular complexity index is 577. The molecule has 0 atom stereocenters. The van der Waals surface area contributed by atoms with Crippen LogP contribution in [0.3, 0.4) is 0 Å². The molecule has 0 aliphatic heterocycles. The average molecular weight is 299 g/mol. The number of hydrogen-bond acceptors (Lipinski definition) is 2. The van der Waals surface area contributed by atoms with Crippen LogP contribution in [0.15, 0.2) is 42.5 Å². The average Bonchev–Trinajstić information content (AvgIpc) is 2.38. The van der Waals surface area contributed by atoms with Gasteiger partial charge in [-0.2, -0.15) is 0 Å². The Morgan fingerprint density at radius 2 is 1.79 bits per heavy atom. The number of hydrogen-bond donors (Lipinski definition) is 0. The minimum Gasteiger partial charge on any atom is -0.481 e. The van der Waals surface area contributed by atoms with Crippen molar-refractivity contribution in [2.45, 2.75) is 0 Å². The molecule has 0 N–H and O–H groups in total. The second kappa shape index (κ2) is 6.04. The highest BCUT2D eigenvalue weighted by molar-refractivity contribution is 6.32. The molecule has 19 heavy (non-hydrogen) atoms. The van der Waals surface area contributed by atoms with E-state index < -0.39 is 5.82 Å². The van der Waals surface area contributed by atoms with Crippen LogP contribution in [0.2, 0.25) is 10.0 Å². The third kappa shape index (κ3) is 3.46. The molecule has 0 aromatic heterocycles. The van der Waals surface area contributed by atoms with E-state index in [1.807, 2.05) is 0 Å². The van der Waals surface area contributed by atoms with Crippen molar-refractivity contribution in [3.8, 4) is 5.75 Å². The SMILES string of the molecule is O=C(COc1c(F)cccc1Cl)c1ccc(Cl)cc1. The number of rotatable bonds is 4. The molecule has 0 bridgehead atoms. The summed E-state index contributed by atoms with van der Waals surface area (Å²) >= 11 is 11.5. The second-order valence-corrected chi connectivity index (χ2v) is 4.61. The van der Waals surface area contributed by atoms with Gasteiger partial charge in [0.15, 0.2) is 24.0 Å². The first-order valence-electron chi connectivity index (χ1n) is 5.43. The molecule has 0 aliphatic carbocycles. The predicted octanol–water partition coefficient (Wildman–Crippen LogP) is 4.39. The molecule has 0 unspecified atom stereocenters. The second-order valence-electron chi connectivity index (χ2n) is 3.77. The molecule has 0 saturated heterocycles. The quantitative estimate of drug-likeness (QED) is 0.782. The number of carbonyl (C=O) groups excluding carboxylic acids is 1. The summed E-state index contributed by atoms with van der Waals surface area (Å²) in [6, 6.07) is 10.5. The normalized spacial score (nSPS) is 10.3. The zero-order chi connectivity index (χ0) is 13.8. The first-order valence-corrected chi connectivity index (χ1v) is 6.19. The summed E-state index contributed by atoms with van der Waals surface area (Å²) in [5, 5.41) is 0.665. The monoisotopic (exact) mass is 298 g/mol. The van der Waals surface area contributed by atoms with Gasteiger partial charge in [0, 0.05) is 10.6 Å². The highest BCUT2D eigenvalue weighted by Crippen LogP contribution is 2.27. The van der Waals surface area contributed by atoms with Crippen LogP contribution in [-0.2, 0) is 0 Å². The molecule has 2 rings (SSSR count). The molecule has 2 aromatic rings. The fraction of sp³-hybridized carbons (Fsp3) is 0.0714. The zero-order valence-corrected chi connectivity index (χ0v) is 11.2. The van der Waals surface area contributed by atoms with Gasteiger partial charge in [0.2, 0.25) is 0 Å². The van der Waals surface area contributed by atoms with Gasteiger partial charge >= 0.3 is 0 Å². The molecule has 5 heteroatoms. The van der Waals surface area contributed by atoms with Crippen LogP contribution in [0, 0.1) is 5.82 Å². The van der Waals surface area contributed by atoms with E-state index in [2.05, 4.69) is 0 Å². The van der Waals surface area contributed by atoms with Crippen molar-refractivity contribution in [2.75, 3.05) is 6.61 Å². The van der Waals surface area contributed by atoms with Gasteiger partial charge in [-0.25, -0.2) is 4.39 Å². The van der Waals surface area contributed by atoms with Gasteiger partial charge in [-0.15, -0.1) is 0 Å². The third-order valence-corrected chi connectivity index (χ3v) is 2.98. The summed E-state index contributed by atoms with van der Waals surface area (Å²) in [5.74, 6) is -1.00. The van der Waals surface area contributed by atoms with E-state index in [-0.39, 0.29) is 23.2 Å². The lowest BCUT2D eigenvalue weighted by atomic mass is 10.1. The van der Waals surface area contributed by atoms with Gasteiger partial charge in [-0.1, -0.05) is 29.3 Å². The fourth-order valence-corrected chi connectivity index (χ4v) is 1.82. The third-order valence-electron chi connectivity index (χ3n) is 2.43. The van der Waals surface area contributed by atoms with Crippen molar-refractivity contribution in [1.29, 1.82) is 0 Å². The molecule has 98 valence electrons. The van der Waals surface area contributed by atoms with E-state index in [0.29, 0.717) is 10.6 Å². The van der Waals surface area contributed by atoms with Crippen molar-refractivity contribution in [1.82, 2.24) is 0 Å². The number of Topliss-reactive ketones (excluding diaryl/α,β-unsaturated/α-hetero) is 1. The first-order chi connectivity index (χ1) is 9.08. The molecule has 0 fully saturated rings. The van der Waals surface area contributed by atoms with Crippen molar-refractivity contribution < 1.29 is 13.9 Å². The maximum Gasteiger partial charge on any atom is 0.200 e. The Morgan fingerprint density at radius 3 is 2.42 bits per heavy atom. The number of ketones is 1. The molecular weight excluding hydrogens is 290 g/mol. The number of benzene rings is 2. The largest absolute Gasteiger partial charge is 0.481 e. The van der Waals surface area contributed by atoms with Crippen molar-refractivity contribution >= 4 is 29.0 Å². The van der Waals surface area contributed by atoms with Crippen molar-refractivity contribution in [3.63, 3.8) is 0 Å². The summed E-state index contributed by atoms with van der Waals surface area (Å²) in [5.41, 5.74) is 0.442. The van der Waals surface area contributed by atoms with Gasteiger partial charge in [-0.05, 0) is 36.4 Å². The number of ether oxygens (including phenoxy) is 1. The minimum absolute atomic E-state index is 0.119. The summed E-state index contributed by atoms with van der Waals surface area (Å²) < 4.78 is 18.5. The topological polar surface area (TPSA) is 26.3 Å². The Hall–Kier alpha value is -1.58. The van der Waals surface area contributed by atoms with E-state index in [1.54, 1.807) is 24.3 Å². The summed E-state index contributed by atoms with van der Waals surface area (Å²) in [6.07, 6.45) is 0. The molecule has 0 amide bonds. The van der Waals surface area contributed by atoms with Crippen LogP contribution >= 0.6 is 23.2 Å². The molecule has 0 saturated carbocycles. The molecule has 0 radical (unpaired) electrons. The predicted molar refractivity (Wildman–Crippen MR) is 72.7 cm³/mol. The van der Waals surface area contributed by atoms with E-state index in [1.165, 1.54) is 18.2 Å². The Morgan fingerprint density at radius 1 is 1.11 bits per heavy atom. The Kier molecular flexibility index (Phi) is 4.40. The minimum atomic E-state index is -0.601. The highest BCUT2D eigenvalue weighted by Gasteiger charge is 2.11. The summed E-state index contributed by atoms with van der Waals surface area (Å²) in [4.78, 5) is 11.8. The molecule has 2 aromatic carbocycles. The maximum atomic E-state index is 13.4. The molecule has 2 nitrogen and oxygen atoms in total. The molecule has 0 spiro atoms. The lowest BCUT2D eigenvalue weighted by Gasteiger charge is -2.08. The van der Waals surface area contributed by atoms with Crippen molar-refractivity contribution in [3.05, 3.63) is 63.9 Å². The van der Waals surface area contributed by atoms with Crippen LogP contribution in [0.4, 0.5) is 4.39 Å². The van der Waals surface area contributed by atoms with Crippen molar-refractivity contribution in [2.24, 2.45) is 0 Å². The lowest BCUT2D eigenvalue weighted by Crippen LogP contribution is -2.12. The fourth-order valence-electron chi connectivity index (χ4n) is 1.48. The maximum absolute atomic E-state index is 13.4. The van der Waals surface area contributed by atoms with Crippen LogP contribution in [-0.4, -0.2) is 12.4 Å². The summed E-state index contributed by atoms with van der Waals surface area (Å²) in [7, 11) is 0. The van der Waals surface area contributed by atoms with E-state index >= 15 is 0 Å². The van der Waals surface area contributed by atoms with E-state index in [4.69, 9.17) is 27.9 Å².